The van der Waals surface area contributed by atoms with E-state index in [0.29, 0.717) is 19.6 Å². The topological polar surface area (TPSA) is 83.1 Å². The van der Waals surface area contributed by atoms with Crippen LogP contribution in [0.2, 0.25) is 13.1 Å². The average Bonchev–Trinajstić information content (AvgIpc) is 2.97. The molecular weight excluding hydrogens is 708 g/mol. The van der Waals surface area contributed by atoms with Crippen molar-refractivity contribution < 1.29 is 42.3 Å². The van der Waals surface area contributed by atoms with Gasteiger partial charge in [0.1, 0.15) is 6.10 Å². The van der Waals surface area contributed by atoms with Gasteiger partial charge in [0.2, 0.25) is 0 Å². The second kappa shape index (κ2) is 16.1. The van der Waals surface area contributed by atoms with Crippen LogP contribution in [-0.4, -0.2) is 92.4 Å². The molecule has 0 aromatic heterocycles. The molecule has 4 heterocycles. The Morgan fingerprint density at radius 3 is 2.06 bits per heavy atom. The maximum Gasteiger partial charge on any atom is 0.198 e. The van der Waals surface area contributed by atoms with Crippen LogP contribution < -0.4 is 0 Å². The van der Waals surface area contributed by atoms with Crippen molar-refractivity contribution >= 4 is 24.2 Å². The lowest BCUT2D eigenvalue weighted by molar-refractivity contribution is -0.348. The van der Waals surface area contributed by atoms with Gasteiger partial charge in [-0.25, -0.2) is 0 Å². The molecule has 0 radical (unpaired) electrons. The van der Waals surface area contributed by atoms with Crippen LogP contribution >= 0.6 is 15.9 Å². The Morgan fingerprint density at radius 2 is 1.41 bits per heavy atom. The highest BCUT2D eigenvalue weighted by Crippen LogP contribution is 2.41. The monoisotopic (exact) mass is 774 g/mol. The minimum absolute atomic E-state index is 0.00391. The molecule has 4 fully saturated rings. The van der Waals surface area contributed by atoms with Gasteiger partial charge < -0.3 is 42.3 Å². The van der Waals surface area contributed by atoms with Crippen LogP contribution in [0.25, 0.3) is 0 Å². The first kappa shape index (κ1) is 41.6. The lowest BCUT2D eigenvalue weighted by Crippen LogP contribution is -2.57. The molecule has 11 atom stereocenters. The van der Waals surface area contributed by atoms with Crippen LogP contribution in [0.15, 0.2) is 0 Å². The van der Waals surface area contributed by atoms with Gasteiger partial charge in [-0.1, -0.05) is 55.5 Å². The molecule has 4 aliphatic rings. The summed E-state index contributed by atoms with van der Waals surface area (Å²) in [4.78, 5) is 0.821. The third-order valence-electron chi connectivity index (χ3n) is 10.3. The van der Waals surface area contributed by atoms with Gasteiger partial charge in [-0.3, -0.25) is 0 Å². The van der Waals surface area contributed by atoms with Crippen LogP contribution in [-0.2, 0) is 42.3 Å². The lowest BCUT2D eigenvalue weighted by Gasteiger charge is -2.50. The van der Waals surface area contributed by atoms with Crippen molar-refractivity contribution in [2.24, 2.45) is 23.7 Å². The molecule has 4 aliphatic heterocycles. The van der Waals surface area contributed by atoms with Gasteiger partial charge in [0.05, 0.1) is 49.8 Å². The number of hydrogen-bond acceptors (Lipinski definition) is 9. The second-order valence-corrected chi connectivity index (χ2v) is 23.2. The van der Waals surface area contributed by atoms with Gasteiger partial charge in [0, 0.05) is 47.9 Å². The summed E-state index contributed by atoms with van der Waals surface area (Å²) in [6.45, 7) is 30.6. The van der Waals surface area contributed by atoms with Crippen LogP contribution in [0, 0.1) is 35.5 Å². The van der Waals surface area contributed by atoms with Crippen LogP contribution in [0.1, 0.15) is 109 Å². The summed E-state index contributed by atoms with van der Waals surface area (Å²) in [5.41, 5.74) is 0. The highest BCUT2D eigenvalue weighted by Gasteiger charge is 2.48. The number of halogens is 1. The molecule has 0 spiro atoms. The minimum atomic E-state index is -2.04. The SMILES string of the molecule is C[C@H]([C@@H]1OC(C)(C)O[C@H](CC#C[C@H](O[Si](C)(C)CBr)[C@@H](C)[C@H]2C[C@@H](C[C@H]3CCOC(C)(C)O3)OC(C)(C)O2)[C@@H]1C)[C@H]1OC(C)(C)OC[C@H]1C. The lowest BCUT2D eigenvalue weighted by atomic mass is 9.80. The van der Waals surface area contributed by atoms with Gasteiger partial charge in [-0.15, -0.1) is 0 Å². The predicted molar refractivity (Wildman–Crippen MR) is 197 cm³/mol. The molecule has 49 heavy (non-hydrogen) atoms. The van der Waals surface area contributed by atoms with Gasteiger partial charge in [-0.2, -0.15) is 0 Å². The van der Waals surface area contributed by atoms with Crippen molar-refractivity contribution in [3.05, 3.63) is 0 Å². The van der Waals surface area contributed by atoms with Gasteiger partial charge in [-0.05, 0) is 74.9 Å². The van der Waals surface area contributed by atoms with Crippen LogP contribution in [0.4, 0.5) is 0 Å². The molecule has 0 saturated carbocycles. The fourth-order valence-corrected chi connectivity index (χ4v) is 9.20. The minimum Gasteiger partial charge on any atom is -0.403 e. The third-order valence-corrected chi connectivity index (χ3v) is 15.9. The van der Waals surface area contributed by atoms with Gasteiger partial charge in [0.25, 0.3) is 0 Å². The van der Waals surface area contributed by atoms with E-state index in [9.17, 15) is 0 Å². The van der Waals surface area contributed by atoms with Crippen LogP contribution in [0.5, 0.6) is 0 Å². The highest BCUT2D eigenvalue weighted by molar-refractivity contribution is 9.09. The van der Waals surface area contributed by atoms with E-state index in [1.54, 1.807) is 0 Å². The smallest absolute Gasteiger partial charge is 0.198 e. The van der Waals surface area contributed by atoms with E-state index in [4.69, 9.17) is 42.3 Å². The quantitative estimate of drug-likeness (QED) is 0.125. The summed E-state index contributed by atoms with van der Waals surface area (Å²) < 4.78 is 57.5. The maximum atomic E-state index is 6.87. The van der Waals surface area contributed by atoms with E-state index in [0.717, 1.165) is 24.2 Å². The fourth-order valence-electron chi connectivity index (χ4n) is 7.78. The first-order valence-electron chi connectivity index (χ1n) is 18.6. The zero-order chi connectivity index (χ0) is 36.6. The Morgan fingerprint density at radius 1 is 0.796 bits per heavy atom. The molecule has 0 aliphatic carbocycles. The van der Waals surface area contributed by atoms with Crippen molar-refractivity contribution in [3.8, 4) is 11.8 Å². The normalized spacial score (nSPS) is 37.7. The van der Waals surface area contributed by atoms with E-state index in [2.05, 4.69) is 68.6 Å². The number of hydrogen-bond donors (Lipinski definition) is 0. The summed E-state index contributed by atoms with van der Waals surface area (Å²) >= 11 is 3.71. The standard InChI is InChI=1S/C38H67BrO9Si/c1-24-22-41-36(7,8)46-33(24)27(4)34-26(3)30(44-38(11,12)47-34)16-15-17-31(48-49(13,14)23-39)25(2)32-21-29(43-37(9,10)45-32)20-28-18-19-40-35(5,6)42-28/h24-34H,16,18-23H2,1-14H3/t24-,25-,26+,27+,28-,29-,30-,31+,32-,33+,34-/m1/s1. The largest absolute Gasteiger partial charge is 0.403 e. The molecule has 9 nitrogen and oxygen atoms in total. The van der Waals surface area contributed by atoms with Gasteiger partial charge >= 0.3 is 0 Å². The van der Waals surface area contributed by atoms with Crippen molar-refractivity contribution in [1.29, 1.82) is 0 Å². The maximum absolute atomic E-state index is 6.87. The fraction of sp³-hybridized carbons (Fsp3) is 0.947. The van der Waals surface area contributed by atoms with Crippen LogP contribution in [0.3, 0.4) is 0 Å². The number of ether oxygens (including phenoxy) is 8. The Kier molecular flexibility index (Phi) is 13.7. The molecule has 0 aromatic rings. The second-order valence-electron chi connectivity index (χ2n) is 17.5. The first-order valence-corrected chi connectivity index (χ1v) is 22.8. The summed E-state index contributed by atoms with van der Waals surface area (Å²) in [6.07, 6.45) is 2.53. The average molecular weight is 776 g/mol. The first-order chi connectivity index (χ1) is 22.5. The van der Waals surface area contributed by atoms with Crippen molar-refractivity contribution in [3.63, 3.8) is 0 Å². The molecule has 11 heteroatoms. The summed E-state index contributed by atoms with van der Waals surface area (Å²) in [5.74, 6) is 4.99. The zero-order valence-electron chi connectivity index (χ0n) is 32.9. The van der Waals surface area contributed by atoms with Crippen molar-refractivity contribution in [1.82, 2.24) is 0 Å². The zero-order valence-corrected chi connectivity index (χ0v) is 35.4. The third kappa shape index (κ3) is 11.7. The molecular formula is C38H67BrO9Si. The Bertz CT molecular complexity index is 1150. The molecule has 4 rings (SSSR count). The van der Waals surface area contributed by atoms with E-state index in [-0.39, 0.29) is 66.4 Å². The van der Waals surface area contributed by atoms with Crippen molar-refractivity contribution in [2.75, 3.05) is 18.2 Å². The Labute approximate surface area is 307 Å². The summed E-state index contributed by atoms with van der Waals surface area (Å²) in [5, 5.41) is 0. The Balaban J connectivity index is 1.50. The molecule has 0 aromatic carbocycles. The summed E-state index contributed by atoms with van der Waals surface area (Å²) in [6, 6.07) is 0. The number of rotatable bonds is 10. The van der Waals surface area contributed by atoms with Gasteiger partial charge in [0.15, 0.2) is 31.5 Å². The van der Waals surface area contributed by atoms with E-state index in [1.807, 2.05) is 55.4 Å². The molecule has 0 unspecified atom stereocenters. The van der Waals surface area contributed by atoms with Crippen molar-refractivity contribution in [2.45, 2.75) is 188 Å². The summed E-state index contributed by atoms with van der Waals surface area (Å²) in [7, 11) is -2.04. The van der Waals surface area contributed by atoms with E-state index < -0.39 is 31.5 Å². The molecule has 0 amide bonds. The highest BCUT2D eigenvalue weighted by atomic mass is 79.9. The number of alkyl halides is 1. The Hall–Kier alpha value is -0.103. The predicted octanol–water partition coefficient (Wildman–Crippen LogP) is 7.96. The van der Waals surface area contributed by atoms with E-state index in [1.165, 1.54) is 0 Å². The molecule has 4 saturated heterocycles. The molecule has 0 bridgehead atoms. The molecule has 284 valence electrons. The van der Waals surface area contributed by atoms with E-state index >= 15 is 0 Å². The molecule has 0 N–H and O–H groups in total.